The van der Waals surface area contributed by atoms with Crippen LogP contribution in [0.2, 0.25) is 0 Å². The van der Waals surface area contributed by atoms with Gasteiger partial charge in [-0.2, -0.15) is 0 Å². The molecule has 8 heteroatoms. The molecule has 2 saturated carbocycles. The molecule has 2 N–H and O–H groups in total. The number of carbonyl (C=O) groups is 3. The van der Waals surface area contributed by atoms with E-state index in [9.17, 15) is 14.4 Å². The highest BCUT2D eigenvalue weighted by atomic mass is 32.2. The summed E-state index contributed by atoms with van der Waals surface area (Å²) < 4.78 is 0. The first kappa shape index (κ1) is 18.2. The second-order valence-corrected chi connectivity index (χ2v) is 8.19. The Balaban J connectivity index is 1.56. The van der Waals surface area contributed by atoms with Gasteiger partial charge in [0.1, 0.15) is 6.04 Å². The van der Waals surface area contributed by atoms with Gasteiger partial charge in [-0.05, 0) is 31.6 Å². The minimum absolute atomic E-state index is 0.0188. The van der Waals surface area contributed by atoms with Gasteiger partial charge in [-0.3, -0.25) is 14.4 Å². The van der Waals surface area contributed by atoms with E-state index in [-0.39, 0.29) is 17.7 Å². The number of amidine groups is 1. The van der Waals surface area contributed by atoms with Crippen LogP contribution in [0.4, 0.5) is 0 Å². The fraction of sp³-hybridized carbons (Fsp3) is 0.765. The van der Waals surface area contributed by atoms with Crippen molar-refractivity contribution in [3.8, 4) is 0 Å². The number of carbonyl (C=O) groups excluding carboxylic acids is 3. The monoisotopic (exact) mass is 366 g/mol. The summed E-state index contributed by atoms with van der Waals surface area (Å²) in [6, 6.07) is -0.705. The van der Waals surface area contributed by atoms with Gasteiger partial charge in [0.2, 0.25) is 11.7 Å². The summed E-state index contributed by atoms with van der Waals surface area (Å²) >= 11 is 1.54. The maximum absolute atomic E-state index is 12.5. The molecule has 1 aliphatic heterocycles. The Bertz CT molecular complexity index is 570. The van der Waals surface area contributed by atoms with E-state index in [1.807, 2.05) is 11.9 Å². The molecular formula is C17H26N4O3S. The lowest BCUT2D eigenvalue weighted by molar-refractivity contribution is -0.141. The Kier molecular flexibility index (Phi) is 5.98. The molecule has 1 atom stereocenters. The van der Waals surface area contributed by atoms with Crippen molar-refractivity contribution in [3.05, 3.63) is 0 Å². The van der Waals surface area contributed by atoms with Crippen LogP contribution in [0.15, 0.2) is 5.10 Å². The van der Waals surface area contributed by atoms with Crippen molar-refractivity contribution in [2.45, 2.75) is 51.0 Å². The Morgan fingerprint density at radius 2 is 1.88 bits per heavy atom. The molecule has 7 nitrogen and oxygen atoms in total. The van der Waals surface area contributed by atoms with E-state index in [0.29, 0.717) is 5.17 Å². The Hall–Kier alpha value is -1.57. The Morgan fingerprint density at radius 3 is 2.48 bits per heavy atom. The normalized spacial score (nSPS) is 24.2. The van der Waals surface area contributed by atoms with Crippen LogP contribution in [0.1, 0.15) is 44.9 Å². The second kappa shape index (κ2) is 8.21. The zero-order valence-electron chi connectivity index (χ0n) is 14.6. The number of hydrazone groups is 1. The minimum Gasteiger partial charge on any atom is -0.352 e. The van der Waals surface area contributed by atoms with Crippen molar-refractivity contribution in [3.63, 3.8) is 0 Å². The molecule has 138 valence electrons. The first-order valence-electron chi connectivity index (χ1n) is 9.12. The highest BCUT2D eigenvalue weighted by Gasteiger charge is 2.41. The van der Waals surface area contributed by atoms with E-state index in [1.165, 1.54) is 6.42 Å². The number of rotatable bonds is 6. The van der Waals surface area contributed by atoms with Gasteiger partial charge in [-0.25, -0.2) is 5.43 Å². The third-order valence-electron chi connectivity index (χ3n) is 5.11. The lowest BCUT2D eigenvalue weighted by Crippen LogP contribution is -2.50. The molecule has 0 radical (unpaired) electrons. The van der Waals surface area contributed by atoms with Crippen molar-refractivity contribution in [2.24, 2.45) is 16.9 Å². The molecule has 0 bridgehead atoms. The van der Waals surface area contributed by atoms with Gasteiger partial charge < -0.3 is 10.2 Å². The van der Waals surface area contributed by atoms with Gasteiger partial charge >= 0.3 is 5.91 Å². The van der Waals surface area contributed by atoms with E-state index < -0.39 is 17.7 Å². The topological polar surface area (TPSA) is 90.9 Å². The summed E-state index contributed by atoms with van der Waals surface area (Å²) in [5.41, 5.74) is 2.36. The molecule has 3 aliphatic rings. The molecule has 0 spiro atoms. The smallest absolute Gasteiger partial charge is 0.309 e. The summed E-state index contributed by atoms with van der Waals surface area (Å²) in [7, 11) is 1.89. The van der Waals surface area contributed by atoms with Crippen LogP contribution in [0.3, 0.4) is 0 Å². The number of nitrogens with zero attached hydrogens (tertiary/aromatic N) is 2. The summed E-state index contributed by atoms with van der Waals surface area (Å²) in [6.07, 6.45) is 6.79. The molecule has 1 saturated heterocycles. The van der Waals surface area contributed by atoms with E-state index in [1.54, 1.807) is 11.8 Å². The van der Waals surface area contributed by atoms with Gasteiger partial charge in [-0.1, -0.05) is 31.0 Å². The van der Waals surface area contributed by atoms with Crippen molar-refractivity contribution in [1.29, 1.82) is 0 Å². The van der Waals surface area contributed by atoms with Crippen molar-refractivity contribution in [1.82, 2.24) is 15.6 Å². The number of nitrogens with one attached hydrogen (secondary N) is 2. The van der Waals surface area contributed by atoms with Crippen LogP contribution in [0.25, 0.3) is 0 Å². The molecule has 0 aromatic rings. The summed E-state index contributed by atoms with van der Waals surface area (Å²) in [5, 5.41) is 7.59. The molecule has 0 aromatic heterocycles. The highest BCUT2D eigenvalue weighted by Crippen LogP contribution is 2.34. The average molecular weight is 366 g/mol. The number of ketones is 1. The van der Waals surface area contributed by atoms with Gasteiger partial charge in [0, 0.05) is 25.3 Å². The molecule has 3 rings (SSSR count). The minimum atomic E-state index is -0.741. The molecule has 1 heterocycles. The SMILES string of the molecule is CN1CCS/C1=N\NC(=O)C(=O)[C@H](NC(=O)C1CCCCC1)C1CC1. The van der Waals surface area contributed by atoms with E-state index >= 15 is 0 Å². The van der Waals surface area contributed by atoms with Crippen LogP contribution >= 0.6 is 11.8 Å². The summed E-state index contributed by atoms with van der Waals surface area (Å²) in [5.74, 6) is -0.413. The summed E-state index contributed by atoms with van der Waals surface area (Å²) in [6.45, 7) is 0.870. The fourth-order valence-electron chi connectivity index (χ4n) is 3.36. The van der Waals surface area contributed by atoms with Gasteiger partial charge in [0.15, 0.2) is 5.17 Å². The molecule has 3 fully saturated rings. The van der Waals surface area contributed by atoms with E-state index in [2.05, 4.69) is 15.8 Å². The van der Waals surface area contributed by atoms with Gasteiger partial charge in [0.25, 0.3) is 0 Å². The molecule has 0 aromatic carbocycles. The van der Waals surface area contributed by atoms with Crippen LogP contribution in [0, 0.1) is 11.8 Å². The number of hydrogen-bond acceptors (Lipinski definition) is 5. The van der Waals surface area contributed by atoms with E-state index in [0.717, 1.165) is 50.8 Å². The largest absolute Gasteiger partial charge is 0.352 e. The number of hydrogen-bond donors (Lipinski definition) is 2. The number of Topliss-reactive ketones (excluding diaryl/α,β-unsaturated/α-hetero) is 1. The van der Waals surface area contributed by atoms with Crippen molar-refractivity contribution < 1.29 is 14.4 Å². The van der Waals surface area contributed by atoms with Crippen molar-refractivity contribution in [2.75, 3.05) is 19.3 Å². The molecule has 2 aliphatic carbocycles. The zero-order chi connectivity index (χ0) is 17.8. The predicted octanol–water partition coefficient (Wildman–Crippen LogP) is 1.10. The van der Waals surface area contributed by atoms with Crippen LogP contribution in [-0.4, -0.2) is 53.1 Å². The lowest BCUT2D eigenvalue weighted by Gasteiger charge is -2.24. The number of amides is 2. The fourth-order valence-corrected chi connectivity index (χ4v) is 4.32. The molecular weight excluding hydrogens is 340 g/mol. The zero-order valence-corrected chi connectivity index (χ0v) is 15.4. The van der Waals surface area contributed by atoms with Gasteiger partial charge in [-0.15, -0.1) is 5.10 Å². The third kappa shape index (κ3) is 4.74. The van der Waals surface area contributed by atoms with Crippen LogP contribution < -0.4 is 10.7 Å². The molecule has 2 amide bonds. The quantitative estimate of drug-likeness (QED) is 0.543. The lowest BCUT2D eigenvalue weighted by atomic mass is 9.88. The predicted molar refractivity (Wildman–Crippen MR) is 96.9 cm³/mol. The molecule has 0 unspecified atom stereocenters. The van der Waals surface area contributed by atoms with Gasteiger partial charge in [0.05, 0.1) is 0 Å². The first-order valence-corrected chi connectivity index (χ1v) is 10.1. The number of thioether (sulfide) groups is 1. The first-order chi connectivity index (χ1) is 12.1. The second-order valence-electron chi connectivity index (χ2n) is 7.13. The third-order valence-corrected chi connectivity index (χ3v) is 6.16. The average Bonchev–Trinajstić information content (AvgIpc) is 3.39. The van der Waals surface area contributed by atoms with Crippen LogP contribution in [-0.2, 0) is 14.4 Å². The summed E-state index contributed by atoms with van der Waals surface area (Å²) in [4.78, 5) is 39.1. The Labute approximate surface area is 152 Å². The van der Waals surface area contributed by atoms with E-state index in [4.69, 9.17) is 0 Å². The maximum atomic E-state index is 12.5. The highest BCUT2D eigenvalue weighted by molar-refractivity contribution is 8.14. The Morgan fingerprint density at radius 1 is 1.16 bits per heavy atom. The standard InChI is InChI=1S/C17H26N4O3S/c1-21-9-10-25-17(21)20-19-16(24)14(22)13(11-7-8-11)18-15(23)12-5-3-2-4-6-12/h11-13H,2-10H2,1H3,(H,18,23)(H,19,24)/b20-17-/t13-/m1/s1. The van der Waals surface area contributed by atoms with Crippen LogP contribution in [0.5, 0.6) is 0 Å². The van der Waals surface area contributed by atoms with Crippen molar-refractivity contribution >= 4 is 34.5 Å². The molecule has 25 heavy (non-hydrogen) atoms. The maximum Gasteiger partial charge on any atom is 0.309 e.